The third-order valence-corrected chi connectivity index (χ3v) is 16.7. The van der Waals surface area contributed by atoms with Crippen LogP contribution in [-0.4, -0.2) is 6.71 Å². The number of anilines is 12. The van der Waals surface area contributed by atoms with E-state index in [0.717, 1.165) is 51.2 Å². The summed E-state index contributed by atoms with van der Waals surface area (Å²) in [4.78, 5) is 9.87. The van der Waals surface area contributed by atoms with E-state index in [0.29, 0.717) is 0 Å². The van der Waals surface area contributed by atoms with E-state index in [1.807, 2.05) is 0 Å². The quantitative estimate of drug-likeness (QED) is 0.0893. The Morgan fingerprint density at radius 2 is 0.646 bits per heavy atom. The maximum absolute atomic E-state index is 2.57. The van der Waals surface area contributed by atoms with Gasteiger partial charge in [0.05, 0.1) is 5.41 Å². The van der Waals surface area contributed by atoms with Gasteiger partial charge in [-0.05, 0) is 159 Å². The molecular formula is C77H61BN4. The second-order valence-electron chi connectivity index (χ2n) is 22.5. The molecule has 82 heavy (non-hydrogen) atoms. The molecule has 12 aromatic carbocycles. The highest BCUT2D eigenvalue weighted by Gasteiger charge is 2.45. The van der Waals surface area contributed by atoms with E-state index < -0.39 is 5.41 Å². The minimum absolute atomic E-state index is 0.0804. The zero-order chi connectivity index (χ0) is 55.2. The van der Waals surface area contributed by atoms with Gasteiger partial charge in [-0.25, -0.2) is 0 Å². The molecule has 2 aliphatic heterocycles. The van der Waals surface area contributed by atoms with Crippen molar-refractivity contribution in [2.75, 3.05) is 19.6 Å². The lowest BCUT2D eigenvalue weighted by molar-refractivity contribution is 0.590. The molecular weight excluding hydrogens is 992 g/mol. The summed E-state index contributed by atoms with van der Waals surface area (Å²) in [6.45, 7) is 6.96. The molecule has 12 aromatic rings. The van der Waals surface area contributed by atoms with Crippen molar-refractivity contribution in [3.8, 4) is 0 Å². The van der Waals surface area contributed by atoms with E-state index in [1.54, 1.807) is 0 Å². The van der Waals surface area contributed by atoms with Crippen molar-refractivity contribution in [1.82, 2.24) is 0 Å². The van der Waals surface area contributed by atoms with Gasteiger partial charge in [-0.1, -0.05) is 227 Å². The topological polar surface area (TPSA) is 13.0 Å². The zero-order valence-electron chi connectivity index (χ0n) is 46.4. The normalized spacial score (nSPS) is 12.5. The maximum atomic E-state index is 2.57. The summed E-state index contributed by atoms with van der Waals surface area (Å²) in [6, 6.07) is 116. The molecule has 0 amide bonds. The molecule has 0 saturated carbocycles. The molecule has 0 radical (unpaired) electrons. The summed E-state index contributed by atoms with van der Waals surface area (Å²) in [5.74, 6) is 0. The van der Waals surface area contributed by atoms with Gasteiger partial charge < -0.3 is 19.6 Å². The van der Waals surface area contributed by atoms with Crippen molar-refractivity contribution in [3.63, 3.8) is 0 Å². The Morgan fingerprint density at radius 3 is 1.11 bits per heavy atom. The lowest BCUT2D eigenvalue weighted by Crippen LogP contribution is -2.61. The monoisotopic (exact) mass is 1050 g/mol. The highest BCUT2D eigenvalue weighted by Crippen LogP contribution is 2.50. The van der Waals surface area contributed by atoms with Gasteiger partial charge in [-0.3, -0.25) is 0 Å². The van der Waals surface area contributed by atoms with Crippen LogP contribution in [0.4, 0.5) is 68.2 Å². The van der Waals surface area contributed by atoms with Crippen molar-refractivity contribution in [2.24, 2.45) is 0 Å². The van der Waals surface area contributed by atoms with E-state index in [4.69, 9.17) is 0 Å². The highest BCUT2D eigenvalue weighted by molar-refractivity contribution is 7.00. The second-order valence-corrected chi connectivity index (χ2v) is 22.5. The molecule has 0 aliphatic carbocycles. The third-order valence-electron chi connectivity index (χ3n) is 16.7. The first-order valence-electron chi connectivity index (χ1n) is 28.5. The Morgan fingerprint density at radius 1 is 0.268 bits per heavy atom. The molecule has 0 aromatic heterocycles. The van der Waals surface area contributed by atoms with Crippen molar-refractivity contribution in [3.05, 3.63) is 343 Å². The molecule has 0 fully saturated rings. The average Bonchev–Trinajstić information content (AvgIpc) is 3.40. The SMILES string of the molecule is CC(C)(C)c1cc2c3c(c1)N(c1cccc(N(c4ccccc4)c4ccccc4)c1)c1cc(N(c4ccccc4)c4ccccc4)ccc1B3c1ccccc1N2c1ccc(C(c2ccccc2)(c2ccccc2)c2ccccc2)cc1. The van der Waals surface area contributed by atoms with Crippen LogP contribution in [0, 0.1) is 0 Å². The maximum Gasteiger partial charge on any atom is 0.252 e. The molecule has 14 rings (SSSR count). The Kier molecular flexibility index (Phi) is 12.8. The summed E-state index contributed by atoms with van der Waals surface area (Å²) in [6.07, 6.45) is 0. The van der Waals surface area contributed by atoms with E-state index in [-0.39, 0.29) is 12.1 Å². The summed E-state index contributed by atoms with van der Waals surface area (Å²) in [7, 11) is 0. The van der Waals surface area contributed by atoms with E-state index in [1.165, 1.54) is 61.3 Å². The molecule has 392 valence electrons. The van der Waals surface area contributed by atoms with Gasteiger partial charge in [0.15, 0.2) is 0 Å². The van der Waals surface area contributed by atoms with Crippen LogP contribution in [0.15, 0.2) is 315 Å². The Bertz CT molecular complexity index is 4020. The minimum atomic E-state index is -0.580. The van der Waals surface area contributed by atoms with Crippen LogP contribution in [0.5, 0.6) is 0 Å². The zero-order valence-corrected chi connectivity index (χ0v) is 46.4. The van der Waals surface area contributed by atoms with Crippen molar-refractivity contribution in [1.29, 1.82) is 0 Å². The number of para-hydroxylation sites is 5. The highest BCUT2D eigenvalue weighted by atomic mass is 15.2. The van der Waals surface area contributed by atoms with Crippen molar-refractivity contribution in [2.45, 2.75) is 31.6 Å². The predicted octanol–water partition coefficient (Wildman–Crippen LogP) is 18.4. The Balaban J connectivity index is 1.01. The van der Waals surface area contributed by atoms with Gasteiger partial charge in [0.1, 0.15) is 0 Å². The standard InChI is InChI=1S/C77H61BN4/c1-76(2,3)60-52-73-75-74(53-60)82(67-43-27-42-66(54-67)79(61-34-17-7-18-35-61)62-36-19-8-20-37-62)72-55-68(80(63-38-21-9-22-39-63)64-40-23-10-24-41-64)50-51-70(72)78(75)69-44-25-26-45-71(69)81(73)65-48-46-59(47-49-65)77(56-28-11-4-12-29-56,57-30-13-5-14-31-57)58-32-15-6-16-33-58/h4-55H,1-3H3. The Hall–Kier alpha value is -10.1. The van der Waals surface area contributed by atoms with Crippen LogP contribution in [-0.2, 0) is 10.8 Å². The molecule has 4 nitrogen and oxygen atoms in total. The first kappa shape index (κ1) is 50.1. The molecule has 0 unspecified atom stereocenters. The first-order chi connectivity index (χ1) is 40.3. The summed E-state index contributed by atoms with van der Waals surface area (Å²) in [5.41, 5.74) is 22.4. The van der Waals surface area contributed by atoms with Crippen molar-refractivity contribution >= 4 is 91.3 Å². The fourth-order valence-electron chi connectivity index (χ4n) is 13.0. The second kappa shape index (κ2) is 20.9. The van der Waals surface area contributed by atoms with Gasteiger partial charge in [0, 0.05) is 68.2 Å². The van der Waals surface area contributed by atoms with Gasteiger partial charge in [0.25, 0.3) is 6.71 Å². The molecule has 2 aliphatic rings. The van der Waals surface area contributed by atoms with Crippen LogP contribution < -0.4 is 36.0 Å². The number of fused-ring (bicyclic) bond motifs is 4. The molecule has 5 heteroatoms. The Labute approximate surface area is 483 Å². The van der Waals surface area contributed by atoms with Crippen LogP contribution in [0.3, 0.4) is 0 Å². The van der Waals surface area contributed by atoms with Gasteiger partial charge in [-0.2, -0.15) is 0 Å². The molecule has 0 spiro atoms. The lowest BCUT2D eigenvalue weighted by Gasteiger charge is -2.45. The molecule has 2 heterocycles. The van der Waals surface area contributed by atoms with Gasteiger partial charge in [0.2, 0.25) is 0 Å². The van der Waals surface area contributed by atoms with Gasteiger partial charge in [-0.15, -0.1) is 0 Å². The summed E-state index contributed by atoms with van der Waals surface area (Å²) < 4.78 is 0. The molecule has 0 bridgehead atoms. The minimum Gasteiger partial charge on any atom is -0.311 e. The fourth-order valence-corrected chi connectivity index (χ4v) is 13.0. The van der Waals surface area contributed by atoms with E-state index in [2.05, 4.69) is 356 Å². The molecule has 0 N–H and O–H groups in total. The fraction of sp³-hybridized carbons (Fsp3) is 0.0649. The van der Waals surface area contributed by atoms with E-state index in [9.17, 15) is 0 Å². The van der Waals surface area contributed by atoms with Crippen LogP contribution in [0.25, 0.3) is 0 Å². The lowest BCUT2D eigenvalue weighted by atomic mass is 9.33. The van der Waals surface area contributed by atoms with E-state index >= 15 is 0 Å². The largest absolute Gasteiger partial charge is 0.311 e. The average molecular weight is 1050 g/mol. The molecule has 0 saturated heterocycles. The predicted molar refractivity (Wildman–Crippen MR) is 347 cm³/mol. The van der Waals surface area contributed by atoms with Crippen molar-refractivity contribution < 1.29 is 0 Å². The first-order valence-corrected chi connectivity index (χ1v) is 28.5. The number of hydrogen-bond donors (Lipinski definition) is 0. The van der Waals surface area contributed by atoms with Crippen LogP contribution >= 0.6 is 0 Å². The van der Waals surface area contributed by atoms with Gasteiger partial charge >= 0.3 is 0 Å². The number of nitrogens with zero attached hydrogens (tertiary/aromatic N) is 4. The number of rotatable bonds is 12. The smallest absolute Gasteiger partial charge is 0.252 e. The molecule has 0 atom stereocenters. The number of benzene rings is 12. The summed E-state index contributed by atoms with van der Waals surface area (Å²) in [5, 5.41) is 0. The van der Waals surface area contributed by atoms with Crippen LogP contribution in [0.1, 0.15) is 48.6 Å². The number of hydrogen-bond acceptors (Lipinski definition) is 4. The van der Waals surface area contributed by atoms with Crippen LogP contribution in [0.2, 0.25) is 0 Å². The summed E-state index contributed by atoms with van der Waals surface area (Å²) >= 11 is 0. The third kappa shape index (κ3) is 8.65.